The summed E-state index contributed by atoms with van der Waals surface area (Å²) >= 11 is 0. The molecule has 0 aliphatic heterocycles. The van der Waals surface area contributed by atoms with E-state index in [-0.39, 0.29) is 12.5 Å². The van der Waals surface area contributed by atoms with Gasteiger partial charge in [-0.2, -0.15) is 0 Å². The first kappa shape index (κ1) is 8.32. The maximum absolute atomic E-state index is 8.95. The highest BCUT2D eigenvalue weighted by molar-refractivity contribution is 5.77. The topological polar surface area (TPSA) is 33.4 Å². The summed E-state index contributed by atoms with van der Waals surface area (Å²) in [6.45, 7) is 2.07. The first-order chi connectivity index (χ1) is 6.31. The molecule has 0 amide bonds. The SMILES string of the molecule is C[C@@H](CO)c1cc2ccccc2o1. The predicted octanol–water partition coefficient (Wildman–Crippen LogP) is 2.53. The van der Waals surface area contributed by atoms with Gasteiger partial charge in [-0.15, -0.1) is 0 Å². The normalized spacial score (nSPS) is 13.4. The number of furan rings is 1. The summed E-state index contributed by atoms with van der Waals surface area (Å²) in [6.07, 6.45) is 0. The molecule has 2 aromatic rings. The molecule has 0 spiro atoms. The molecule has 68 valence electrons. The summed E-state index contributed by atoms with van der Waals surface area (Å²) in [5.74, 6) is 0.927. The van der Waals surface area contributed by atoms with Gasteiger partial charge in [0.15, 0.2) is 0 Å². The van der Waals surface area contributed by atoms with Gasteiger partial charge in [0.25, 0.3) is 0 Å². The van der Waals surface area contributed by atoms with E-state index in [4.69, 9.17) is 9.52 Å². The lowest BCUT2D eigenvalue weighted by Crippen LogP contribution is -1.95. The minimum atomic E-state index is 0.0763. The zero-order chi connectivity index (χ0) is 9.26. The number of hydrogen-bond acceptors (Lipinski definition) is 2. The quantitative estimate of drug-likeness (QED) is 0.762. The van der Waals surface area contributed by atoms with Crippen LogP contribution in [0.15, 0.2) is 34.7 Å². The Morgan fingerprint density at radius 3 is 2.85 bits per heavy atom. The number of rotatable bonds is 2. The van der Waals surface area contributed by atoms with E-state index in [1.165, 1.54) is 0 Å². The van der Waals surface area contributed by atoms with E-state index in [9.17, 15) is 0 Å². The molecule has 1 aromatic carbocycles. The lowest BCUT2D eigenvalue weighted by Gasteiger charge is -2.00. The van der Waals surface area contributed by atoms with Crippen molar-refractivity contribution in [2.45, 2.75) is 12.8 Å². The molecule has 13 heavy (non-hydrogen) atoms. The molecule has 0 fully saturated rings. The van der Waals surface area contributed by atoms with E-state index in [2.05, 4.69) is 0 Å². The van der Waals surface area contributed by atoms with Crippen LogP contribution in [0.1, 0.15) is 18.6 Å². The molecule has 0 saturated carbocycles. The second-order valence-electron chi connectivity index (χ2n) is 3.27. The highest BCUT2D eigenvalue weighted by Crippen LogP contribution is 2.24. The van der Waals surface area contributed by atoms with Crippen LogP contribution >= 0.6 is 0 Å². The molecule has 0 radical (unpaired) electrons. The third kappa shape index (κ3) is 1.45. The Morgan fingerprint density at radius 2 is 2.15 bits per heavy atom. The number of aliphatic hydroxyl groups excluding tert-OH is 1. The van der Waals surface area contributed by atoms with Crippen LogP contribution in [0, 0.1) is 0 Å². The maximum atomic E-state index is 8.95. The molecular weight excluding hydrogens is 164 g/mol. The van der Waals surface area contributed by atoms with Gasteiger partial charge in [-0.25, -0.2) is 0 Å². The van der Waals surface area contributed by atoms with Crippen molar-refractivity contribution < 1.29 is 9.52 Å². The average molecular weight is 176 g/mol. The Balaban J connectivity index is 2.49. The van der Waals surface area contributed by atoms with E-state index in [1.807, 2.05) is 37.3 Å². The number of aliphatic hydroxyl groups is 1. The number of fused-ring (bicyclic) bond motifs is 1. The van der Waals surface area contributed by atoms with Crippen molar-refractivity contribution in [1.82, 2.24) is 0 Å². The van der Waals surface area contributed by atoms with Crippen molar-refractivity contribution in [2.75, 3.05) is 6.61 Å². The van der Waals surface area contributed by atoms with Crippen molar-refractivity contribution >= 4 is 11.0 Å². The van der Waals surface area contributed by atoms with Gasteiger partial charge in [0, 0.05) is 11.3 Å². The molecule has 2 rings (SSSR count). The number of hydrogen-bond donors (Lipinski definition) is 1. The molecule has 1 aromatic heterocycles. The van der Waals surface area contributed by atoms with E-state index in [1.54, 1.807) is 0 Å². The third-order valence-electron chi connectivity index (χ3n) is 2.20. The van der Waals surface area contributed by atoms with E-state index in [0.29, 0.717) is 0 Å². The Hall–Kier alpha value is -1.28. The first-order valence-electron chi connectivity index (χ1n) is 4.40. The molecule has 2 nitrogen and oxygen atoms in total. The van der Waals surface area contributed by atoms with Gasteiger partial charge >= 0.3 is 0 Å². The van der Waals surface area contributed by atoms with Crippen LogP contribution < -0.4 is 0 Å². The van der Waals surface area contributed by atoms with Crippen molar-refractivity contribution in [1.29, 1.82) is 0 Å². The van der Waals surface area contributed by atoms with Gasteiger partial charge in [0.05, 0.1) is 6.61 Å². The van der Waals surface area contributed by atoms with Gasteiger partial charge < -0.3 is 9.52 Å². The molecule has 0 unspecified atom stereocenters. The van der Waals surface area contributed by atoms with Crippen molar-refractivity contribution in [2.24, 2.45) is 0 Å². The molecule has 1 N–H and O–H groups in total. The van der Waals surface area contributed by atoms with Crippen LogP contribution in [-0.2, 0) is 0 Å². The summed E-state index contributed by atoms with van der Waals surface area (Å²) in [5, 5.41) is 10.0. The van der Waals surface area contributed by atoms with E-state index in [0.717, 1.165) is 16.7 Å². The van der Waals surface area contributed by atoms with Crippen molar-refractivity contribution in [3.63, 3.8) is 0 Å². The van der Waals surface area contributed by atoms with E-state index < -0.39 is 0 Å². The fourth-order valence-electron chi connectivity index (χ4n) is 1.34. The fraction of sp³-hybridized carbons (Fsp3) is 0.273. The van der Waals surface area contributed by atoms with Crippen LogP contribution in [0.3, 0.4) is 0 Å². The lowest BCUT2D eigenvalue weighted by molar-refractivity contribution is 0.259. The monoisotopic (exact) mass is 176 g/mol. The molecule has 1 atom stereocenters. The predicted molar refractivity (Wildman–Crippen MR) is 51.7 cm³/mol. The summed E-state index contributed by atoms with van der Waals surface area (Å²) in [4.78, 5) is 0. The molecule has 0 aliphatic carbocycles. The zero-order valence-electron chi connectivity index (χ0n) is 7.53. The largest absolute Gasteiger partial charge is 0.461 e. The Morgan fingerprint density at radius 1 is 1.38 bits per heavy atom. The van der Waals surface area contributed by atoms with Crippen LogP contribution in [-0.4, -0.2) is 11.7 Å². The van der Waals surface area contributed by atoms with Gasteiger partial charge in [0.1, 0.15) is 11.3 Å². The summed E-state index contributed by atoms with van der Waals surface area (Å²) in [7, 11) is 0. The Labute approximate surface area is 76.8 Å². The smallest absolute Gasteiger partial charge is 0.134 e. The van der Waals surface area contributed by atoms with Crippen molar-refractivity contribution in [3.05, 3.63) is 36.1 Å². The van der Waals surface area contributed by atoms with E-state index >= 15 is 0 Å². The van der Waals surface area contributed by atoms with Gasteiger partial charge in [0.2, 0.25) is 0 Å². The highest BCUT2D eigenvalue weighted by Gasteiger charge is 2.09. The molecule has 0 aliphatic rings. The number of para-hydroxylation sites is 1. The zero-order valence-corrected chi connectivity index (χ0v) is 7.53. The number of benzene rings is 1. The van der Waals surface area contributed by atoms with Crippen molar-refractivity contribution in [3.8, 4) is 0 Å². The molecule has 1 heterocycles. The lowest BCUT2D eigenvalue weighted by atomic mass is 10.1. The van der Waals surface area contributed by atoms with Crippen LogP contribution in [0.4, 0.5) is 0 Å². The highest BCUT2D eigenvalue weighted by atomic mass is 16.3. The minimum Gasteiger partial charge on any atom is -0.461 e. The fourth-order valence-corrected chi connectivity index (χ4v) is 1.34. The Kier molecular flexibility index (Phi) is 2.07. The maximum Gasteiger partial charge on any atom is 0.134 e. The van der Waals surface area contributed by atoms with Gasteiger partial charge in [-0.1, -0.05) is 25.1 Å². The average Bonchev–Trinajstić information content (AvgIpc) is 2.59. The van der Waals surface area contributed by atoms with Crippen LogP contribution in [0.25, 0.3) is 11.0 Å². The first-order valence-corrected chi connectivity index (χ1v) is 4.40. The minimum absolute atomic E-state index is 0.0763. The molecular formula is C11H12O2. The summed E-state index contributed by atoms with van der Waals surface area (Å²) in [6, 6.07) is 9.84. The molecule has 0 bridgehead atoms. The van der Waals surface area contributed by atoms with Crippen LogP contribution in [0.5, 0.6) is 0 Å². The molecule has 2 heteroatoms. The van der Waals surface area contributed by atoms with Gasteiger partial charge in [-0.3, -0.25) is 0 Å². The summed E-state index contributed by atoms with van der Waals surface area (Å²) < 4.78 is 5.56. The Bertz CT molecular complexity index is 370. The second-order valence-corrected chi connectivity index (χ2v) is 3.27. The van der Waals surface area contributed by atoms with Crippen LogP contribution in [0.2, 0.25) is 0 Å². The molecule has 0 saturated heterocycles. The standard InChI is InChI=1S/C11H12O2/c1-8(7-12)11-6-9-4-2-3-5-10(9)13-11/h2-6,8,12H,7H2,1H3/t8-/m0/s1. The third-order valence-corrected chi connectivity index (χ3v) is 2.20. The second kappa shape index (κ2) is 3.23. The summed E-state index contributed by atoms with van der Waals surface area (Å²) in [5.41, 5.74) is 0.887. The van der Waals surface area contributed by atoms with Gasteiger partial charge in [-0.05, 0) is 12.1 Å².